The Morgan fingerprint density at radius 2 is 2.25 bits per heavy atom. The molecular weight excluding hydrogens is 120 g/mol. The fraction of sp³-hybridized carbons (Fsp3) is 0.800. The van der Waals surface area contributed by atoms with E-state index in [1.54, 1.807) is 0 Å². The zero-order valence-electron chi connectivity index (χ0n) is 4.68. The Hall–Kier alpha value is -0.310. The van der Waals surface area contributed by atoms with E-state index in [1.165, 1.54) is 19.3 Å². The first-order valence-corrected chi connectivity index (χ1v) is 3.26. The van der Waals surface area contributed by atoms with E-state index in [0.717, 1.165) is 0 Å². The Morgan fingerprint density at radius 1 is 1.62 bits per heavy atom. The summed E-state index contributed by atoms with van der Waals surface area (Å²) >= 11 is 4.64. The van der Waals surface area contributed by atoms with Crippen LogP contribution in [0.3, 0.4) is 0 Å². The van der Waals surface area contributed by atoms with Gasteiger partial charge in [-0.3, -0.25) is 0 Å². The Morgan fingerprint density at radius 3 is 2.38 bits per heavy atom. The second-order valence-corrected chi connectivity index (χ2v) is 2.58. The number of hydrogen-bond donors (Lipinski definition) is 2. The topological polar surface area (TPSA) is 38.0 Å². The van der Waals surface area contributed by atoms with Crippen molar-refractivity contribution in [3.63, 3.8) is 0 Å². The molecule has 0 saturated heterocycles. The summed E-state index contributed by atoms with van der Waals surface area (Å²) in [6.45, 7) is 0. The number of nitrogens with two attached hydrogens (primary N) is 1. The molecule has 0 aromatic heterocycles. The minimum atomic E-state index is 0.440. The molecule has 0 aromatic carbocycles. The lowest BCUT2D eigenvalue weighted by atomic mass is 9.93. The predicted molar refractivity (Wildman–Crippen MR) is 37.6 cm³/mol. The van der Waals surface area contributed by atoms with Crippen LogP contribution in [0, 0.1) is 0 Å². The smallest absolute Gasteiger partial charge is 0.163 e. The minimum absolute atomic E-state index is 0.440. The normalized spacial score (nSPS) is 19.5. The first kappa shape index (κ1) is 5.82. The molecule has 46 valence electrons. The molecule has 0 bridgehead atoms. The van der Waals surface area contributed by atoms with Gasteiger partial charge in [-0.25, -0.2) is 0 Å². The molecule has 1 fully saturated rings. The van der Waals surface area contributed by atoms with Gasteiger partial charge in [0.2, 0.25) is 0 Å². The molecule has 0 aromatic rings. The first-order valence-electron chi connectivity index (χ1n) is 2.85. The molecule has 0 amide bonds. The first-order chi connectivity index (χ1) is 3.79. The molecule has 0 radical (unpaired) electrons. The van der Waals surface area contributed by atoms with Crippen molar-refractivity contribution in [3.05, 3.63) is 0 Å². The van der Waals surface area contributed by atoms with Gasteiger partial charge in [0.05, 0.1) is 0 Å². The maximum atomic E-state index is 5.22. The van der Waals surface area contributed by atoms with E-state index in [4.69, 9.17) is 5.73 Å². The van der Waals surface area contributed by atoms with Crippen LogP contribution in [-0.2, 0) is 0 Å². The van der Waals surface area contributed by atoms with Crippen molar-refractivity contribution in [2.75, 3.05) is 0 Å². The highest BCUT2D eigenvalue weighted by Crippen LogP contribution is 2.17. The van der Waals surface area contributed by atoms with Gasteiger partial charge < -0.3 is 11.1 Å². The lowest BCUT2D eigenvalue weighted by molar-refractivity contribution is 0.384. The van der Waals surface area contributed by atoms with Crippen LogP contribution in [0.5, 0.6) is 0 Å². The zero-order chi connectivity index (χ0) is 5.98. The summed E-state index contributed by atoms with van der Waals surface area (Å²) in [5.41, 5.74) is 5.22. The van der Waals surface area contributed by atoms with Gasteiger partial charge in [0, 0.05) is 6.04 Å². The van der Waals surface area contributed by atoms with Gasteiger partial charge in [-0.1, -0.05) is 0 Å². The highest BCUT2D eigenvalue weighted by Gasteiger charge is 2.16. The molecule has 3 N–H and O–H groups in total. The Balaban J connectivity index is 2.09. The molecule has 3 heteroatoms. The summed E-state index contributed by atoms with van der Waals surface area (Å²) in [4.78, 5) is 0. The number of rotatable bonds is 1. The fourth-order valence-electron chi connectivity index (χ4n) is 0.754. The van der Waals surface area contributed by atoms with Crippen molar-refractivity contribution >= 4 is 17.3 Å². The lowest BCUT2D eigenvalue weighted by Gasteiger charge is -2.26. The minimum Gasteiger partial charge on any atom is -0.376 e. The molecule has 2 nitrogen and oxygen atoms in total. The second kappa shape index (κ2) is 2.31. The van der Waals surface area contributed by atoms with E-state index in [2.05, 4.69) is 17.5 Å². The van der Waals surface area contributed by atoms with Gasteiger partial charge in [0.25, 0.3) is 0 Å². The quantitative estimate of drug-likeness (QED) is 0.504. The number of nitrogens with one attached hydrogen (secondary N) is 1. The molecule has 0 spiro atoms. The Bertz CT molecular complexity index is 98.6. The molecule has 8 heavy (non-hydrogen) atoms. The average molecular weight is 130 g/mol. The fourth-order valence-corrected chi connectivity index (χ4v) is 0.920. The van der Waals surface area contributed by atoms with Gasteiger partial charge in [-0.2, -0.15) is 0 Å². The maximum Gasteiger partial charge on any atom is 0.163 e. The van der Waals surface area contributed by atoms with E-state index in [-0.39, 0.29) is 0 Å². The van der Waals surface area contributed by atoms with Crippen molar-refractivity contribution in [2.24, 2.45) is 5.73 Å². The van der Waals surface area contributed by atoms with Crippen molar-refractivity contribution in [2.45, 2.75) is 25.3 Å². The van der Waals surface area contributed by atoms with Crippen LogP contribution in [0.15, 0.2) is 0 Å². The van der Waals surface area contributed by atoms with Crippen molar-refractivity contribution < 1.29 is 0 Å². The summed E-state index contributed by atoms with van der Waals surface area (Å²) in [5.74, 6) is 0. The van der Waals surface area contributed by atoms with Crippen LogP contribution in [0.2, 0.25) is 0 Å². The van der Waals surface area contributed by atoms with Gasteiger partial charge in [-0.05, 0) is 31.5 Å². The average Bonchev–Trinajstić information content (AvgIpc) is 1.55. The van der Waals surface area contributed by atoms with Crippen LogP contribution in [-0.4, -0.2) is 11.2 Å². The number of hydrogen-bond acceptors (Lipinski definition) is 1. The third-order valence-corrected chi connectivity index (χ3v) is 1.57. The van der Waals surface area contributed by atoms with Crippen LogP contribution in [0.1, 0.15) is 19.3 Å². The molecule has 1 rings (SSSR count). The van der Waals surface area contributed by atoms with E-state index in [9.17, 15) is 0 Å². The summed E-state index contributed by atoms with van der Waals surface area (Å²) < 4.78 is 0. The summed E-state index contributed by atoms with van der Waals surface area (Å²) in [7, 11) is 0. The third kappa shape index (κ3) is 1.33. The number of thiocarbonyl (C=S) groups is 1. The largest absolute Gasteiger partial charge is 0.376 e. The maximum absolute atomic E-state index is 5.22. The van der Waals surface area contributed by atoms with Crippen LogP contribution < -0.4 is 11.1 Å². The lowest BCUT2D eigenvalue weighted by Crippen LogP contribution is -2.42. The SMILES string of the molecule is NC(=S)NC1CCC1. The molecular formula is C5H10N2S. The Labute approximate surface area is 54.4 Å². The van der Waals surface area contributed by atoms with E-state index < -0.39 is 0 Å². The summed E-state index contributed by atoms with van der Waals surface area (Å²) in [6, 6.07) is 0.590. The van der Waals surface area contributed by atoms with Crippen molar-refractivity contribution in [1.29, 1.82) is 0 Å². The monoisotopic (exact) mass is 130 g/mol. The van der Waals surface area contributed by atoms with Gasteiger partial charge in [0.1, 0.15) is 0 Å². The molecule has 0 unspecified atom stereocenters. The van der Waals surface area contributed by atoms with Gasteiger partial charge >= 0.3 is 0 Å². The van der Waals surface area contributed by atoms with Crippen LogP contribution in [0.4, 0.5) is 0 Å². The zero-order valence-corrected chi connectivity index (χ0v) is 5.50. The highest BCUT2D eigenvalue weighted by atomic mass is 32.1. The molecule has 0 heterocycles. The third-order valence-electron chi connectivity index (χ3n) is 1.45. The summed E-state index contributed by atoms with van der Waals surface area (Å²) in [6.07, 6.45) is 3.79. The highest BCUT2D eigenvalue weighted by molar-refractivity contribution is 7.80. The molecule has 0 aliphatic heterocycles. The van der Waals surface area contributed by atoms with Gasteiger partial charge in [-0.15, -0.1) is 0 Å². The molecule has 1 saturated carbocycles. The van der Waals surface area contributed by atoms with E-state index in [1.807, 2.05) is 0 Å². The van der Waals surface area contributed by atoms with Gasteiger partial charge in [0.15, 0.2) is 5.11 Å². The molecule has 1 aliphatic carbocycles. The molecule has 1 aliphatic rings. The van der Waals surface area contributed by atoms with Crippen LogP contribution in [0.25, 0.3) is 0 Å². The van der Waals surface area contributed by atoms with Crippen molar-refractivity contribution in [1.82, 2.24) is 5.32 Å². The molecule has 0 atom stereocenters. The standard InChI is InChI=1S/C5H10N2S/c6-5(8)7-4-2-1-3-4/h4H,1-3H2,(H3,6,7,8). The Kier molecular flexibility index (Phi) is 1.68. The predicted octanol–water partition coefficient (Wildman–Crippen LogP) is 0.372. The second-order valence-electron chi connectivity index (χ2n) is 2.14. The van der Waals surface area contributed by atoms with E-state index in [0.29, 0.717) is 11.2 Å². The van der Waals surface area contributed by atoms with Crippen LogP contribution >= 0.6 is 12.2 Å². The summed E-state index contributed by atoms with van der Waals surface area (Å²) in [5, 5.41) is 3.43. The van der Waals surface area contributed by atoms with E-state index >= 15 is 0 Å². The van der Waals surface area contributed by atoms with Crippen molar-refractivity contribution in [3.8, 4) is 0 Å².